The molecule has 0 atom stereocenters. The second-order valence-electron chi connectivity index (χ2n) is 3.87. The zero-order chi connectivity index (χ0) is 12.7. The molecule has 0 fully saturated rings. The van der Waals surface area contributed by atoms with Gasteiger partial charge in [0.05, 0.1) is 5.56 Å². The summed E-state index contributed by atoms with van der Waals surface area (Å²) in [7, 11) is 0. The van der Waals surface area contributed by atoms with Crippen molar-refractivity contribution < 1.29 is 9.50 Å². The molecule has 0 aromatic heterocycles. The number of hydrogen-bond donors (Lipinski definition) is 1. The molecule has 1 aromatic carbocycles. The lowest BCUT2D eigenvalue weighted by molar-refractivity contribution is 0.225. The van der Waals surface area contributed by atoms with Gasteiger partial charge in [0.15, 0.2) is 0 Å². The van der Waals surface area contributed by atoms with E-state index < -0.39 is 5.82 Å². The molecule has 0 heterocycles. The van der Waals surface area contributed by atoms with Crippen molar-refractivity contribution >= 4 is 0 Å². The summed E-state index contributed by atoms with van der Waals surface area (Å²) < 4.78 is 13.1. The lowest BCUT2D eigenvalue weighted by atomic mass is 10.1. The monoisotopic (exact) mass is 236 g/mol. The summed E-state index contributed by atoms with van der Waals surface area (Å²) in [6, 6.07) is 6.44. The molecule has 0 spiro atoms. The molecule has 1 aromatic rings. The molecule has 0 bridgehead atoms. The van der Waals surface area contributed by atoms with Gasteiger partial charge in [-0.1, -0.05) is 13.0 Å². The summed E-state index contributed by atoms with van der Waals surface area (Å²) in [6.45, 7) is 4.53. The maximum atomic E-state index is 13.1. The van der Waals surface area contributed by atoms with Gasteiger partial charge in [-0.15, -0.1) is 0 Å². The van der Waals surface area contributed by atoms with Gasteiger partial charge in [0.1, 0.15) is 11.9 Å². The fraction of sp³-hybridized carbons (Fsp3) is 0.462. The van der Waals surface area contributed by atoms with Crippen molar-refractivity contribution in [2.75, 3.05) is 19.7 Å². The predicted octanol–water partition coefficient (Wildman–Crippen LogP) is 1.90. The van der Waals surface area contributed by atoms with Crippen molar-refractivity contribution in [1.29, 1.82) is 5.26 Å². The van der Waals surface area contributed by atoms with Crippen molar-refractivity contribution in [2.24, 2.45) is 0 Å². The summed E-state index contributed by atoms with van der Waals surface area (Å²) in [5.41, 5.74) is 1.00. The second-order valence-corrected chi connectivity index (χ2v) is 3.87. The molecule has 92 valence electrons. The molecule has 0 unspecified atom stereocenters. The normalized spacial score (nSPS) is 10.5. The molecule has 3 nitrogen and oxygen atoms in total. The van der Waals surface area contributed by atoms with Crippen molar-refractivity contribution in [1.82, 2.24) is 4.90 Å². The molecule has 4 heteroatoms. The Hall–Kier alpha value is -1.44. The van der Waals surface area contributed by atoms with Crippen LogP contribution in [-0.2, 0) is 6.54 Å². The van der Waals surface area contributed by atoms with Crippen LogP contribution in [0.5, 0.6) is 0 Å². The van der Waals surface area contributed by atoms with E-state index in [1.807, 2.05) is 13.0 Å². The van der Waals surface area contributed by atoms with E-state index in [9.17, 15) is 4.39 Å². The Morgan fingerprint density at radius 3 is 2.82 bits per heavy atom. The summed E-state index contributed by atoms with van der Waals surface area (Å²) >= 11 is 0. The number of rotatable bonds is 6. The lowest BCUT2D eigenvalue weighted by Gasteiger charge is -2.20. The number of nitrogens with zero attached hydrogens (tertiary/aromatic N) is 2. The Kier molecular flexibility index (Phi) is 5.61. The number of aliphatic hydroxyl groups excluding tert-OH is 1. The van der Waals surface area contributed by atoms with Crippen molar-refractivity contribution in [3.8, 4) is 6.07 Å². The van der Waals surface area contributed by atoms with E-state index in [0.717, 1.165) is 25.1 Å². The van der Waals surface area contributed by atoms with Gasteiger partial charge < -0.3 is 5.11 Å². The van der Waals surface area contributed by atoms with Crippen LogP contribution < -0.4 is 0 Å². The molecule has 1 N–H and O–H groups in total. The Bertz CT molecular complexity index is 401. The molecule has 1 rings (SSSR count). The zero-order valence-corrected chi connectivity index (χ0v) is 9.99. The SMILES string of the molecule is CCN(CCCO)Cc1ccc(F)c(C#N)c1. The smallest absolute Gasteiger partial charge is 0.140 e. The first kappa shape index (κ1) is 13.6. The summed E-state index contributed by atoms with van der Waals surface area (Å²) in [4.78, 5) is 2.14. The van der Waals surface area contributed by atoms with E-state index in [-0.39, 0.29) is 12.2 Å². The van der Waals surface area contributed by atoms with Crippen LogP contribution in [0.3, 0.4) is 0 Å². The topological polar surface area (TPSA) is 47.3 Å². The minimum absolute atomic E-state index is 0.0840. The third-order valence-corrected chi connectivity index (χ3v) is 2.64. The van der Waals surface area contributed by atoms with E-state index in [2.05, 4.69) is 4.90 Å². The highest BCUT2D eigenvalue weighted by atomic mass is 19.1. The van der Waals surface area contributed by atoms with Crippen LogP contribution in [0.1, 0.15) is 24.5 Å². The number of nitriles is 1. The minimum atomic E-state index is -0.477. The van der Waals surface area contributed by atoms with E-state index in [1.54, 1.807) is 12.1 Å². The molecule has 0 saturated heterocycles. The number of benzene rings is 1. The van der Waals surface area contributed by atoms with Crippen molar-refractivity contribution in [2.45, 2.75) is 19.9 Å². The first-order chi connectivity index (χ1) is 8.21. The first-order valence-electron chi connectivity index (χ1n) is 5.73. The highest BCUT2D eigenvalue weighted by Crippen LogP contribution is 2.11. The van der Waals surface area contributed by atoms with Crippen LogP contribution in [0.15, 0.2) is 18.2 Å². The minimum Gasteiger partial charge on any atom is -0.396 e. The largest absolute Gasteiger partial charge is 0.396 e. The van der Waals surface area contributed by atoms with Crippen LogP contribution in [0, 0.1) is 17.1 Å². The Balaban J connectivity index is 2.70. The second kappa shape index (κ2) is 7.00. The maximum Gasteiger partial charge on any atom is 0.140 e. The molecular formula is C13H17FN2O. The van der Waals surface area contributed by atoms with E-state index in [0.29, 0.717) is 6.54 Å². The van der Waals surface area contributed by atoms with Gasteiger partial charge in [-0.25, -0.2) is 4.39 Å². The lowest BCUT2D eigenvalue weighted by Crippen LogP contribution is -2.24. The first-order valence-corrected chi connectivity index (χ1v) is 5.73. The Labute approximate surface area is 101 Å². The average Bonchev–Trinajstić information content (AvgIpc) is 2.36. The predicted molar refractivity (Wildman–Crippen MR) is 63.8 cm³/mol. The number of hydrogen-bond acceptors (Lipinski definition) is 3. The third kappa shape index (κ3) is 4.14. The van der Waals surface area contributed by atoms with Gasteiger partial charge in [0, 0.05) is 19.7 Å². The van der Waals surface area contributed by atoms with E-state index in [1.165, 1.54) is 6.07 Å². The van der Waals surface area contributed by atoms with Gasteiger partial charge in [-0.05, 0) is 30.7 Å². The van der Waals surface area contributed by atoms with E-state index >= 15 is 0 Å². The van der Waals surface area contributed by atoms with Gasteiger partial charge in [-0.2, -0.15) is 5.26 Å². The van der Waals surface area contributed by atoms with Crippen LogP contribution in [0.2, 0.25) is 0 Å². The third-order valence-electron chi connectivity index (χ3n) is 2.64. The van der Waals surface area contributed by atoms with Gasteiger partial charge in [-0.3, -0.25) is 4.90 Å². The quantitative estimate of drug-likeness (QED) is 0.820. The summed E-state index contributed by atoms with van der Waals surface area (Å²) in [5, 5.41) is 17.5. The van der Waals surface area contributed by atoms with Crippen molar-refractivity contribution in [3.05, 3.63) is 35.1 Å². The van der Waals surface area contributed by atoms with Crippen LogP contribution in [-0.4, -0.2) is 29.7 Å². The fourth-order valence-electron chi connectivity index (χ4n) is 1.66. The standard InChI is InChI=1S/C13H17FN2O/c1-2-16(6-3-7-17)10-11-4-5-13(14)12(8-11)9-15/h4-5,8,17H,2-3,6-7,10H2,1H3. The number of aliphatic hydroxyl groups is 1. The zero-order valence-electron chi connectivity index (χ0n) is 9.99. The summed E-state index contributed by atoms with van der Waals surface area (Å²) in [5.74, 6) is -0.477. The summed E-state index contributed by atoms with van der Waals surface area (Å²) in [6.07, 6.45) is 0.722. The van der Waals surface area contributed by atoms with Crippen LogP contribution in [0.25, 0.3) is 0 Å². The molecule has 0 aliphatic carbocycles. The fourth-order valence-corrected chi connectivity index (χ4v) is 1.66. The molecular weight excluding hydrogens is 219 g/mol. The van der Waals surface area contributed by atoms with Gasteiger partial charge in [0.25, 0.3) is 0 Å². The van der Waals surface area contributed by atoms with Crippen LogP contribution >= 0.6 is 0 Å². The van der Waals surface area contributed by atoms with Crippen LogP contribution in [0.4, 0.5) is 4.39 Å². The molecule has 17 heavy (non-hydrogen) atoms. The molecule has 0 aliphatic heterocycles. The molecule has 0 saturated carbocycles. The van der Waals surface area contributed by atoms with Crippen molar-refractivity contribution in [3.63, 3.8) is 0 Å². The Morgan fingerprint density at radius 2 is 2.24 bits per heavy atom. The molecule has 0 radical (unpaired) electrons. The highest BCUT2D eigenvalue weighted by Gasteiger charge is 2.06. The van der Waals surface area contributed by atoms with Gasteiger partial charge in [0.2, 0.25) is 0 Å². The Morgan fingerprint density at radius 1 is 1.47 bits per heavy atom. The van der Waals surface area contributed by atoms with E-state index in [4.69, 9.17) is 10.4 Å². The molecule has 0 amide bonds. The average molecular weight is 236 g/mol. The number of halogens is 1. The maximum absolute atomic E-state index is 13.1. The van der Waals surface area contributed by atoms with Gasteiger partial charge >= 0.3 is 0 Å². The highest BCUT2D eigenvalue weighted by molar-refractivity contribution is 5.34. The molecule has 0 aliphatic rings.